The van der Waals surface area contributed by atoms with Crippen molar-refractivity contribution in [2.24, 2.45) is 11.7 Å². The largest absolute Gasteiger partial charge is 0.338 e. The van der Waals surface area contributed by atoms with Gasteiger partial charge in [-0.2, -0.15) is 0 Å². The molecule has 0 aromatic heterocycles. The minimum absolute atomic E-state index is 0.0147. The SMILES string of the molecule is CC(N)C1CCN(C(=O)c2ccc(F)cc2F)C1. The van der Waals surface area contributed by atoms with E-state index in [4.69, 9.17) is 5.73 Å². The van der Waals surface area contributed by atoms with Crippen LogP contribution in [0.4, 0.5) is 8.78 Å². The summed E-state index contributed by atoms with van der Waals surface area (Å²) in [5.41, 5.74) is 5.71. The van der Waals surface area contributed by atoms with Crippen LogP contribution in [0.25, 0.3) is 0 Å². The Hall–Kier alpha value is -1.49. The lowest BCUT2D eigenvalue weighted by Crippen LogP contribution is -2.33. The molecule has 1 aromatic rings. The highest BCUT2D eigenvalue weighted by atomic mass is 19.1. The van der Waals surface area contributed by atoms with Crippen molar-refractivity contribution in [1.82, 2.24) is 4.90 Å². The molecule has 2 rings (SSSR count). The van der Waals surface area contributed by atoms with Gasteiger partial charge < -0.3 is 10.6 Å². The molecular weight excluding hydrogens is 238 g/mol. The Balaban J connectivity index is 2.13. The molecular formula is C13H16F2N2O. The maximum atomic E-state index is 13.5. The van der Waals surface area contributed by atoms with Crippen LogP contribution in [0.2, 0.25) is 0 Å². The first kappa shape index (κ1) is 13.0. The van der Waals surface area contributed by atoms with Crippen molar-refractivity contribution in [3.05, 3.63) is 35.4 Å². The van der Waals surface area contributed by atoms with Gasteiger partial charge in [-0.05, 0) is 31.4 Å². The van der Waals surface area contributed by atoms with E-state index in [1.807, 2.05) is 6.92 Å². The zero-order valence-corrected chi connectivity index (χ0v) is 10.2. The smallest absolute Gasteiger partial charge is 0.256 e. The summed E-state index contributed by atoms with van der Waals surface area (Å²) in [7, 11) is 0. The Morgan fingerprint density at radius 1 is 1.50 bits per heavy atom. The molecule has 1 aliphatic heterocycles. The quantitative estimate of drug-likeness (QED) is 0.874. The summed E-state index contributed by atoms with van der Waals surface area (Å²) < 4.78 is 26.3. The van der Waals surface area contributed by atoms with Crippen molar-refractivity contribution < 1.29 is 13.6 Å². The van der Waals surface area contributed by atoms with Gasteiger partial charge in [-0.25, -0.2) is 8.78 Å². The molecule has 1 heterocycles. The fraction of sp³-hybridized carbons (Fsp3) is 0.462. The van der Waals surface area contributed by atoms with E-state index in [9.17, 15) is 13.6 Å². The van der Waals surface area contributed by atoms with E-state index in [1.54, 1.807) is 4.90 Å². The Labute approximate surface area is 105 Å². The Kier molecular flexibility index (Phi) is 3.61. The van der Waals surface area contributed by atoms with E-state index in [0.29, 0.717) is 13.1 Å². The van der Waals surface area contributed by atoms with Crippen molar-refractivity contribution in [3.63, 3.8) is 0 Å². The van der Waals surface area contributed by atoms with Gasteiger partial charge in [-0.1, -0.05) is 0 Å². The number of nitrogens with two attached hydrogens (primary N) is 1. The van der Waals surface area contributed by atoms with E-state index < -0.39 is 17.5 Å². The second kappa shape index (κ2) is 5.02. The van der Waals surface area contributed by atoms with E-state index in [1.165, 1.54) is 6.07 Å². The highest BCUT2D eigenvalue weighted by Crippen LogP contribution is 2.21. The zero-order chi connectivity index (χ0) is 13.3. The molecule has 1 saturated heterocycles. The highest BCUT2D eigenvalue weighted by Gasteiger charge is 2.30. The third-order valence-corrected chi connectivity index (χ3v) is 3.42. The number of carbonyl (C=O) groups excluding carboxylic acids is 1. The van der Waals surface area contributed by atoms with Crippen LogP contribution in [-0.2, 0) is 0 Å². The molecule has 0 spiro atoms. The normalized spacial score (nSPS) is 21.1. The Morgan fingerprint density at radius 3 is 2.78 bits per heavy atom. The highest BCUT2D eigenvalue weighted by molar-refractivity contribution is 5.94. The number of hydrogen-bond donors (Lipinski definition) is 1. The molecule has 98 valence electrons. The van der Waals surface area contributed by atoms with Gasteiger partial charge in [0.25, 0.3) is 5.91 Å². The molecule has 1 aliphatic rings. The first-order valence-electron chi connectivity index (χ1n) is 5.99. The third kappa shape index (κ3) is 2.51. The van der Waals surface area contributed by atoms with E-state index in [0.717, 1.165) is 18.6 Å². The van der Waals surface area contributed by atoms with Gasteiger partial charge >= 0.3 is 0 Å². The van der Waals surface area contributed by atoms with Crippen LogP contribution in [0.3, 0.4) is 0 Å². The zero-order valence-electron chi connectivity index (χ0n) is 10.2. The minimum Gasteiger partial charge on any atom is -0.338 e. The first-order chi connectivity index (χ1) is 8.49. The second-order valence-corrected chi connectivity index (χ2v) is 4.78. The maximum Gasteiger partial charge on any atom is 0.256 e. The number of benzene rings is 1. The van der Waals surface area contributed by atoms with Crippen molar-refractivity contribution in [2.45, 2.75) is 19.4 Å². The number of likely N-dealkylation sites (tertiary alicyclic amines) is 1. The predicted octanol–water partition coefficient (Wildman–Crippen LogP) is 1.77. The van der Waals surface area contributed by atoms with Gasteiger partial charge in [-0.3, -0.25) is 4.79 Å². The third-order valence-electron chi connectivity index (χ3n) is 3.42. The fourth-order valence-corrected chi connectivity index (χ4v) is 2.23. The van der Waals surface area contributed by atoms with Crippen LogP contribution in [0.5, 0.6) is 0 Å². The van der Waals surface area contributed by atoms with Crippen molar-refractivity contribution in [3.8, 4) is 0 Å². The molecule has 1 fully saturated rings. The Morgan fingerprint density at radius 2 is 2.22 bits per heavy atom. The lowest BCUT2D eigenvalue weighted by molar-refractivity contribution is 0.0781. The minimum atomic E-state index is -0.816. The molecule has 2 N–H and O–H groups in total. The van der Waals surface area contributed by atoms with Crippen LogP contribution in [0, 0.1) is 17.6 Å². The summed E-state index contributed by atoms with van der Waals surface area (Å²) in [6.07, 6.45) is 0.826. The summed E-state index contributed by atoms with van der Waals surface area (Å²) in [4.78, 5) is 13.6. The molecule has 3 nitrogen and oxygen atoms in total. The monoisotopic (exact) mass is 254 g/mol. The van der Waals surface area contributed by atoms with Gasteiger partial charge in [0.2, 0.25) is 0 Å². The predicted molar refractivity (Wildman–Crippen MR) is 64.0 cm³/mol. The van der Waals surface area contributed by atoms with Crippen LogP contribution in [0.1, 0.15) is 23.7 Å². The summed E-state index contributed by atoms with van der Waals surface area (Å²) in [6.45, 7) is 3.01. The van der Waals surface area contributed by atoms with Crippen LogP contribution < -0.4 is 5.73 Å². The number of nitrogens with zero attached hydrogens (tertiary/aromatic N) is 1. The summed E-state index contributed by atoms with van der Waals surface area (Å²) in [5, 5.41) is 0. The number of amides is 1. The van der Waals surface area contributed by atoms with Crippen molar-refractivity contribution in [2.75, 3.05) is 13.1 Å². The topological polar surface area (TPSA) is 46.3 Å². The number of halogens is 2. The van der Waals surface area contributed by atoms with E-state index in [2.05, 4.69) is 0 Å². The molecule has 18 heavy (non-hydrogen) atoms. The average Bonchev–Trinajstić information content (AvgIpc) is 2.77. The second-order valence-electron chi connectivity index (χ2n) is 4.78. The molecule has 2 unspecified atom stereocenters. The first-order valence-corrected chi connectivity index (χ1v) is 5.99. The van der Waals surface area contributed by atoms with Crippen LogP contribution >= 0.6 is 0 Å². The van der Waals surface area contributed by atoms with Crippen molar-refractivity contribution in [1.29, 1.82) is 0 Å². The number of hydrogen-bond acceptors (Lipinski definition) is 2. The van der Waals surface area contributed by atoms with Crippen LogP contribution in [0.15, 0.2) is 18.2 Å². The summed E-state index contributed by atoms with van der Waals surface area (Å²) in [6, 6.07) is 3.02. The Bertz CT molecular complexity index is 462. The molecule has 0 saturated carbocycles. The molecule has 5 heteroatoms. The van der Waals surface area contributed by atoms with Gasteiger partial charge in [-0.15, -0.1) is 0 Å². The lowest BCUT2D eigenvalue weighted by Gasteiger charge is -2.18. The summed E-state index contributed by atoms with van der Waals surface area (Å²) in [5.74, 6) is -1.64. The van der Waals surface area contributed by atoms with Crippen molar-refractivity contribution >= 4 is 5.91 Å². The van der Waals surface area contributed by atoms with Crippen LogP contribution in [-0.4, -0.2) is 29.9 Å². The molecule has 2 atom stereocenters. The maximum absolute atomic E-state index is 13.5. The molecule has 0 radical (unpaired) electrons. The van der Waals surface area contributed by atoms with Gasteiger partial charge in [0.05, 0.1) is 5.56 Å². The molecule has 0 bridgehead atoms. The van der Waals surface area contributed by atoms with Gasteiger partial charge in [0.1, 0.15) is 11.6 Å². The fourth-order valence-electron chi connectivity index (χ4n) is 2.23. The average molecular weight is 254 g/mol. The number of rotatable bonds is 2. The molecule has 0 aliphatic carbocycles. The van der Waals surface area contributed by atoms with E-state index in [-0.39, 0.29) is 17.5 Å². The van der Waals surface area contributed by atoms with Gasteiger partial charge in [0.15, 0.2) is 0 Å². The standard InChI is InChI=1S/C13H16F2N2O/c1-8(16)9-4-5-17(7-9)13(18)11-3-2-10(14)6-12(11)15/h2-3,6,8-9H,4-5,7,16H2,1H3. The number of carbonyl (C=O) groups is 1. The van der Waals surface area contributed by atoms with E-state index >= 15 is 0 Å². The lowest BCUT2D eigenvalue weighted by atomic mass is 10.0. The van der Waals surface area contributed by atoms with Gasteiger partial charge in [0, 0.05) is 25.2 Å². The molecule has 1 amide bonds. The summed E-state index contributed by atoms with van der Waals surface area (Å²) >= 11 is 0. The molecule has 1 aromatic carbocycles.